The lowest BCUT2D eigenvalue weighted by Crippen LogP contribution is -2.40. The summed E-state index contributed by atoms with van der Waals surface area (Å²) in [5, 5.41) is 21.3. The average Bonchev–Trinajstić information content (AvgIpc) is 2.78. The second-order valence-electron chi connectivity index (χ2n) is 6.67. The molecule has 0 radical (unpaired) electrons. The minimum absolute atomic E-state index is 0.0289. The SMILES string of the molecule is N=C(N)NCCCCOc1ccc(C#C[C@H](NC(=O)OCc2ccccc2)C(=O)O)cc1. The van der Waals surface area contributed by atoms with Gasteiger partial charge < -0.3 is 25.6 Å². The third-order valence-corrected chi connectivity index (χ3v) is 4.09. The number of benzene rings is 2. The molecule has 0 saturated carbocycles. The maximum Gasteiger partial charge on any atom is 0.408 e. The minimum Gasteiger partial charge on any atom is -0.494 e. The maximum atomic E-state index is 11.9. The second kappa shape index (κ2) is 13.2. The Hall–Kier alpha value is -4.19. The highest BCUT2D eigenvalue weighted by molar-refractivity contribution is 5.83. The molecule has 0 saturated heterocycles. The van der Waals surface area contributed by atoms with E-state index in [0.29, 0.717) is 24.5 Å². The maximum absolute atomic E-state index is 11.9. The van der Waals surface area contributed by atoms with Gasteiger partial charge in [0.1, 0.15) is 12.4 Å². The van der Waals surface area contributed by atoms with Crippen LogP contribution in [0.4, 0.5) is 4.79 Å². The molecule has 2 aromatic carbocycles. The number of carboxylic acids is 1. The number of hydrogen-bond donors (Lipinski definition) is 5. The van der Waals surface area contributed by atoms with Gasteiger partial charge >= 0.3 is 12.1 Å². The fourth-order valence-corrected chi connectivity index (χ4v) is 2.47. The summed E-state index contributed by atoms with van der Waals surface area (Å²) in [5.74, 6) is 4.58. The van der Waals surface area contributed by atoms with Crippen LogP contribution in [0.1, 0.15) is 24.0 Å². The third-order valence-electron chi connectivity index (χ3n) is 4.09. The highest BCUT2D eigenvalue weighted by Gasteiger charge is 2.18. The fourth-order valence-electron chi connectivity index (χ4n) is 2.47. The van der Waals surface area contributed by atoms with E-state index in [-0.39, 0.29) is 12.6 Å². The van der Waals surface area contributed by atoms with Crippen molar-refractivity contribution in [2.24, 2.45) is 5.73 Å². The van der Waals surface area contributed by atoms with Crippen molar-refractivity contribution in [1.29, 1.82) is 5.41 Å². The summed E-state index contributed by atoms with van der Waals surface area (Å²) in [4.78, 5) is 23.3. The number of unbranched alkanes of at least 4 members (excludes halogenated alkanes) is 1. The average molecular weight is 438 g/mol. The molecule has 32 heavy (non-hydrogen) atoms. The Morgan fingerprint density at radius 1 is 1.09 bits per heavy atom. The molecule has 2 rings (SSSR count). The second-order valence-corrected chi connectivity index (χ2v) is 6.67. The van der Waals surface area contributed by atoms with E-state index in [2.05, 4.69) is 22.5 Å². The van der Waals surface area contributed by atoms with Crippen LogP contribution in [0.3, 0.4) is 0 Å². The number of carbonyl (C=O) groups excluding carboxylic acids is 1. The fraction of sp³-hybridized carbons (Fsp3) is 0.261. The van der Waals surface area contributed by atoms with E-state index in [1.165, 1.54) is 0 Å². The number of alkyl carbamates (subject to hydrolysis) is 1. The monoisotopic (exact) mass is 438 g/mol. The first-order valence-corrected chi connectivity index (χ1v) is 9.96. The molecule has 0 heterocycles. The van der Waals surface area contributed by atoms with Gasteiger partial charge in [0.2, 0.25) is 0 Å². The van der Waals surface area contributed by atoms with Crippen LogP contribution >= 0.6 is 0 Å². The molecule has 0 aliphatic carbocycles. The summed E-state index contributed by atoms with van der Waals surface area (Å²) in [6.45, 7) is 1.16. The predicted octanol–water partition coefficient (Wildman–Crippen LogP) is 2.06. The van der Waals surface area contributed by atoms with Crippen molar-refractivity contribution in [1.82, 2.24) is 10.6 Å². The zero-order valence-electron chi connectivity index (χ0n) is 17.5. The van der Waals surface area contributed by atoms with Crippen LogP contribution in [0.5, 0.6) is 5.75 Å². The normalized spacial score (nSPS) is 10.8. The van der Waals surface area contributed by atoms with E-state index < -0.39 is 18.1 Å². The molecule has 0 aliphatic heterocycles. The number of aliphatic carboxylic acids is 1. The molecule has 0 unspecified atom stereocenters. The summed E-state index contributed by atoms with van der Waals surface area (Å²) in [6, 6.07) is 14.5. The van der Waals surface area contributed by atoms with Gasteiger partial charge in [-0.15, -0.1) is 0 Å². The Bertz CT molecular complexity index is 952. The highest BCUT2D eigenvalue weighted by atomic mass is 16.5. The van der Waals surface area contributed by atoms with Crippen LogP contribution < -0.4 is 21.1 Å². The standard InChI is InChI=1S/C23H26N4O5/c24-22(25)26-14-4-5-15-31-19-11-8-17(9-12-19)10-13-20(21(28)29)27-23(30)32-16-18-6-2-1-3-7-18/h1-3,6-9,11-12,20H,4-5,14-16H2,(H,27,30)(H,28,29)(H4,24,25,26)/t20-/m0/s1. The largest absolute Gasteiger partial charge is 0.494 e. The number of ether oxygens (including phenoxy) is 2. The van der Waals surface area contributed by atoms with E-state index in [1.807, 2.05) is 18.2 Å². The van der Waals surface area contributed by atoms with Crippen LogP contribution in [0, 0.1) is 17.3 Å². The molecule has 2 aromatic rings. The van der Waals surface area contributed by atoms with Gasteiger partial charge in [0, 0.05) is 12.1 Å². The van der Waals surface area contributed by atoms with E-state index in [0.717, 1.165) is 18.4 Å². The number of carbonyl (C=O) groups is 2. The molecule has 168 valence electrons. The van der Waals surface area contributed by atoms with Crippen molar-refractivity contribution < 1.29 is 24.2 Å². The van der Waals surface area contributed by atoms with E-state index in [1.54, 1.807) is 36.4 Å². The van der Waals surface area contributed by atoms with Gasteiger partial charge in [-0.25, -0.2) is 9.59 Å². The number of rotatable bonds is 10. The summed E-state index contributed by atoms with van der Waals surface area (Å²) in [5.41, 5.74) is 6.57. The molecule has 6 N–H and O–H groups in total. The Labute approximate surface area is 186 Å². The topological polar surface area (TPSA) is 147 Å². The molecule has 0 bridgehead atoms. The summed E-state index contributed by atoms with van der Waals surface area (Å²) >= 11 is 0. The van der Waals surface area contributed by atoms with Gasteiger partial charge in [-0.05, 0) is 42.7 Å². The van der Waals surface area contributed by atoms with Gasteiger partial charge in [0.05, 0.1) is 6.61 Å². The van der Waals surface area contributed by atoms with Crippen molar-refractivity contribution in [2.45, 2.75) is 25.5 Å². The van der Waals surface area contributed by atoms with Crippen molar-refractivity contribution in [3.63, 3.8) is 0 Å². The smallest absolute Gasteiger partial charge is 0.408 e. The highest BCUT2D eigenvalue weighted by Crippen LogP contribution is 2.12. The number of guanidine groups is 1. The molecule has 1 atom stereocenters. The quantitative estimate of drug-likeness (QED) is 0.165. The first-order valence-electron chi connectivity index (χ1n) is 9.96. The van der Waals surface area contributed by atoms with Crippen LogP contribution in [0.25, 0.3) is 0 Å². The number of hydrogen-bond acceptors (Lipinski definition) is 5. The first-order chi connectivity index (χ1) is 15.4. The van der Waals surface area contributed by atoms with E-state index >= 15 is 0 Å². The Morgan fingerprint density at radius 3 is 2.47 bits per heavy atom. The van der Waals surface area contributed by atoms with Crippen LogP contribution in [0.2, 0.25) is 0 Å². The molecule has 0 aromatic heterocycles. The molecular weight excluding hydrogens is 412 g/mol. The summed E-state index contributed by atoms with van der Waals surface area (Å²) in [6.07, 6.45) is 0.757. The van der Waals surface area contributed by atoms with Gasteiger partial charge in [-0.1, -0.05) is 42.2 Å². The minimum atomic E-state index is -1.40. The van der Waals surface area contributed by atoms with Crippen LogP contribution in [-0.2, 0) is 16.1 Å². The zero-order chi connectivity index (χ0) is 23.2. The van der Waals surface area contributed by atoms with Gasteiger partial charge in [-0.3, -0.25) is 10.7 Å². The molecular formula is C23H26N4O5. The Kier molecular flexibility index (Phi) is 9.92. The predicted molar refractivity (Wildman–Crippen MR) is 119 cm³/mol. The molecule has 1 amide bonds. The summed E-state index contributed by atoms with van der Waals surface area (Å²) < 4.78 is 10.7. The zero-order valence-corrected chi connectivity index (χ0v) is 17.5. The third kappa shape index (κ3) is 9.54. The molecule has 9 nitrogen and oxygen atoms in total. The van der Waals surface area contributed by atoms with E-state index in [9.17, 15) is 14.7 Å². The Balaban J connectivity index is 1.80. The number of nitrogens with one attached hydrogen (secondary N) is 3. The molecule has 9 heteroatoms. The summed E-state index contributed by atoms with van der Waals surface area (Å²) in [7, 11) is 0. The van der Waals surface area contributed by atoms with E-state index in [4.69, 9.17) is 20.6 Å². The van der Waals surface area contributed by atoms with Gasteiger partial charge in [0.25, 0.3) is 0 Å². The first kappa shape index (κ1) is 24.1. The lowest BCUT2D eigenvalue weighted by molar-refractivity contribution is -0.137. The van der Waals surface area contributed by atoms with Gasteiger partial charge in [-0.2, -0.15) is 0 Å². The van der Waals surface area contributed by atoms with Gasteiger partial charge in [0.15, 0.2) is 12.0 Å². The molecule has 0 fully saturated rings. The lowest BCUT2D eigenvalue weighted by atomic mass is 10.2. The number of amides is 1. The van der Waals surface area contributed by atoms with Crippen LogP contribution in [0.15, 0.2) is 54.6 Å². The molecule has 0 aliphatic rings. The number of nitrogens with two attached hydrogens (primary N) is 1. The van der Waals surface area contributed by atoms with Crippen molar-refractivity contribution in [2.75, 3.05) is 13.2 Å². The van der Waals surface area contributed by atoms with Crippen LogP contribution in [-0.4, -0.2) is 42.3 Å². The van der Waals surface area contributed by atoms with Crippen molar-refractivity contribution in [3.05, 3.63) is 65.7 Å². The molecule has 0 spiro atoms. The number of carboxylic acid groups (broad SMARTS) is 1. The lowest BCUT2D eigenvalue weighted by Gasteiger charge is -2.09. The Morgan fingerprint density at radius 2 is 1.81 bits per heavy atom. The van der Waals surface area contributed by atoms with Crippen molar-refractivity contribution in [3.8, 4) is 17.6 Å². The van der Waals surface area contributed by atoms with Crippen molar-refractivity contribution >= 4 is 18.0 Å².